The van der Waals surface area contributed by atoms with Crippen LogP contribution in [0.4, 0.5) is 0 Å². The molecular weight excluding hydrogens is 503 g/mol. The van der Waals surface area contributed by atoms with Gasteiger partial charge in [-0.3, -0.25) is 4.98 Å². The van der Waals surface area contributed by atoms with E-state index in [-0.39, 0.29) is 64.4 Å². The number of hydrogen-bond donors (Lipinski definition) is 0. The first-order valence-electron chi connectivity index (χ1n) is 10.2. The van der Waals surface area contributed by atoms with E-state index < -0.39 is 15.9 Å². The van der Waals surface area contributed by atoms with Crippen molar-refractivity contribution < 1.29 is 88.1 Å². The molecule has 10 nitrogen and oxygen atoms in total. The zero-order chi connectivity index (χ0) is 24.7. The summed E-state index contributed by atoms with van der Waals surface area (Å²) >= 11 is 0. The van der Waals surface area contributed by atoms with Crippen molar-refractivity contribution in [3.63, 3.8) is 0 Å². The molecule has 3 rings (SSSR count). The normalized spacial score (nSPS) is 11.5. The summed E-state index contributed by atoms with van der Waals surface area (Å²) in [6.45, 7) is -0.0693. The Bertz CT molecular complexity index is 1300. The number of nitrogens with zero attached hydrogens (tertiary/aromatic N) is 2. The minimum absolute atomic E-state index is 0. The first kappa shape index (κ1) is 29.3. The maximum Gasteiger partial charge on any atom is 1.00 e. The quantitative estimate of drug-likeness (QED) is 0.111. The average molecular weight is 529 g/mol. The number of hydrogen-bond acceptors (Lipinski definition) is 10. The first-order chi connectivity index (χ1) is 16.3. The summed E-state index contributed by atoms with van der Waals surface area (Å²) in [6.07, 6.45) is 1.63. The number of rotatable bonds is 11. The summed E-state index contributed by atoms with van der Waals surface area (Å²) < 4.78 is 54.2. The molecule has 0 bridgehead atoms. The number of ether oxygens (including phenoxy) is 4. The van der Waals surface area contributed by atoms with Gasteiger partial charge in [-0.2, -0.15) is 0 Å². The topological polar surface area (TPSA) is 129 Å². The van der Waals surface area contributed by atoms with Gasteiger partial charge >= 0.3 is 51.4 Å². The van der Waals surface area contributed by atoms with Gasteiger partial charge in [-0.05, 0) is 48.2 Å². The van der Waals surface area contributed by atoms with E-state index in [9.17, 15) is 13.0 Å². The molecule has 0 radical (unpaired) electrons. The monoisotopic (exact) mass is 528 g/mol. The molecule has 0 atom stereocenters. The summed E-state index contributed by atoms with van der Waals surface area (Å²) in [7, 11) is 1.81. The number of oxime groups is 1. The van der Waals surface area contributed by atoms with E-state index in [1.807, 2.05) is 12.1 Å². The molecule has 2 aromatic carbocycles. The molecular formula is C23H25KN2O8S. The van der Waals surface area contributed by atoms with Crippen LogP contribution in [0.2, 0.25) is 0 Å². The maximum absolute atomic E-state index is 10.9. The van der Waals surface area contributed by atoms with E-state index in [2.05, 4.69) is 10.1 Å². The van der Waals surface area contributed by atoms with E-state index in [4.69, 9.17) is 23.8 Å². The van der Waals surface area contributed by atoms with Crippen molar-refractivity contribution in [2.24, 2.45) is 5.16 Å². The third-order valence-corrected chi connectivity index (χ3v) is 5.72. The number of pyridine rings is 1. The molecule has 1 heterocycles. The van der Waals surface area contributed by atoms with E-state index in [1.54, 1.807) is 37.6 Å². The second-order valence-electron chi connectivity index (χ2n) is 7.05. The van der Waals surface area contributed by atoms with Crippen LogP contribution in [0.15, 0.2) is 47.8 Å². The van der Waals surface area contributed by atoms with Gasteiger partial charge < -0.3 is 28.3 Å². The van der Waals surface area contributed by atoms with E-state index in [0.717, 1.165) is 10.8 Å². The van der Waals surface area contributed by atoms with Gasteiger partial charge in [0.05, 0.1) is 38.6 Å². The Morgan fingerprint density at radius 1 is 0.914 bits per heavy atom. The van der Waals surface area contributed by atoms with Crippen molar-refractivity contribution >= 4 is 26.6 Å². The minimum atomic E-state index is -4.34. The molecule has 0 aliphatic rings. The van der Waals surface area contributed by atoms with Crippen LogP contribution in [-0.4, -0.2) is 64.5 Å². The van der Waals surface area contributed by atoms with Crippen LogP contribution in [0.1, 0.15) is 17.7 Å². The van der Waals surface area contributed by atoms with Crippen molar-refractivity contribution in [3.8, 4) is 23.0 Å². The molecule has 12 heteroatoms. The Morgan fingerprint density at radius 3 is 2.17 bits per heavy atom. The van der Waals surface area contributed by atoms with Crippen molar-refractivity contribution in [2.45, 2.75) is 6.42 Å². The van der Waals surface area contributed by atoms with Crippen molar-refractivity contribution in [3.05, 3.63) is 53.9 Å². The Hall–Kier alpha value is -1.93. The molecule has 0 N–H and O–H groups in total. The van der Waals surface area contributed by atoms with Gasteiger partial charge in [0, 0.05) is 22.9 Å². The van der Waals surface area contributed by atoms with Gasteiger partial charge in [0.1, 0.15) is 18.0 Å². The van der Waals surface area contributed by atoms with Crippen LogP contribution in [0.3, 0.4) is 0 Å². The molecule has 0 unspecified atom stereocenters. The third kappa shape index (κ3) is 7.52. The van der Waals surface area contributed by atoms with E-state index >= 15 is 0 Å². The maximum atomic E-state index is 10.9. The molecule has 0 saturated carbocycles. The smallest absolute Gasteiger partial charge is 0.748 e. The van der Waals surface area contributed by atoms with Crippen LogP contribution in [0.25, 0.3) is 10.8 Å². The van der Waals surface area contributed by atoms with Crippen molar-refractivity contribution in [1.29, 1.82) is 0 Å². The molecule has 3 aromatic rings. The Morgan fingerprint density at radius 2 is 1.54 bits per heavy atom. The van der Waals surface area contributed by atoms with Gasteiger partial charge in [-0.1, -0.05) is 5.16 Å². The number of aromatic nitrogens is 1. The SMILES string of the molecule is COc1ccc(C(=NOCCCS(=O)(=O)[O-])c2nccc3cc(OC)c(OC)cc23)cc1OC.[K+]. The van der Waals surface area contributed by atoms with Crippen LogP contribution in [0, 0.1) is 0 Å². The molecule has 0 aliphatic carbocycles. The number of fused-ring (bicyclic) bond motifs is 1. The van der Waals surface area contributed by atoms with Crippen LogP contribution >= 0.6 is 0 Å². The molecule has 1 aromatic heterocycles. The molecule has 0 amide bonds. The predicted molar refractivity (Wildman–Crippen MR) is 125 cm³/mol. The molecule has 0 spiro atoms. The van der Waals surface area contributed by atoms with Crippen LogP contribution in [0.5, 0.6) is 23.0 Å². The number of benzene rings is 2. The summed E-state index contributed by atoms with van der Waals surface area (Å²) in [5.74, 6) is 1.54. The Labute approximate surface area is 246 Å². The van der Waals surface area contributed by atoms with Crippen LogP contribution in [-0.2, 0) is 15.0 Å². The van der Waals surface area contributed by atoms with E-state index in [0.29, 0.717) is 40.0 Å². The van der Waals surface area contributed by atoms with Gasteiger partial charge in [0.15, 0.2) is 23.0 Å². The van der Waals surface area contributed by atoms with Crippen LogP contribution < -0.4 is 70.3 Å². The predicted octanol–water partition coefficient (Wildman–Crippen LogP) is -0.0225. The van der Waals surface area contributed by atoms with Gasteiger partial charge in [0.2, 0.25) is 0 Å². The summed E-state index contributed by atoms with van der Waals surface area (Å²) in [5.41, 5.74) is 1.47. The van der Waals surface area contributed by atoms with Gasteiger partial charge in [0.25, 0.3) is 0 Å². The molecule has 35 heavy (non-hydrogen) atoms. The minimum Gasteiger partial charge on any atom is -0.748 e. The summed E-state index contributed by atoms with van der Waals surface area (Å²) in [5, 5.41) is 5.80. The second kappa shape index (κ2) is 13.4. The molecule has 0 aliphatic heterocycles. The fraction of sp³-hybridized carbons (Fsp3) is 0.304. The van der Waals surface area contributed by atoms with Crippen molar-refractivity contribution in [1.82, 2.24) is 4.98 Å². The van der Waals surface area contributed by atoms with Gasteiger partial charge in [-0.15, -0.1) is 0 Å². The standard InChI is InChI=1S/C23H26N2O8S.K/c1-29-18-7-6-16(13-19(18)30-2)22(25-33-10-5-11-34(26,27)28)23-17-14-21(32-4)20(31-3)12-15(17)8-9-24-23;/h6-9,12-14H,5,10-11H2,1-4H3,(H,26,27,28);/q;+1/p-1. The Kier molecular flexibility index (Phi) is 11.2. The molecule has 182 valence electrons. The average Bonchev–Trinajstić information content (AvgIpc) is 2.84. The third-order valence-electron chi connectivity index (χ3n) is 4.94. The fourth-order valence-corrected chi connectivity index (χ4v) is 3.79. The molecule has 0 saturated heterocycles. The zero-order valence-electron chi connectivity index (χ0n) is 20.2. The fourth-order valence-electron chi connectivity index (χ4n) is 3.31. The summed E-state index contributed by atoms with van der Waals surface area (Å²) in [4.78, 5) is 9.92. The van der Waals surface area contributed by atoms with Gasteiger partial charge in [-0.25, -0.2) is 8.42 Å². The second-order valence-corrected chi connectivity index (χ2v) is 8.57. The largest absolute Gasteiger partial charge is 1.00 e. The number of methoxy groups -OCH3 is 4. The van der Waals surface area contributed by atoms with Crippen molar-refractivity contribution in [2.75, 3.05) is 40.8 Å². The first-order valence-corrected chi connectivity index (χ1v) is 11.8. The summed E-state index contributed by atoms with van der Waals surface area (Å²) in [6, 6.07) is 10.7. The van der Waals surface area contributed by atoms with E-state index in [1.165, 1.54) is 21.3 Å². The Balaban J connectivity index is 0.00000432. The zero-order valence-corrected chi connectivity index (χ0v) is 24.2. The molecule has 0 fully saturated rings.